The molecule has 1 fully saturated rings. The molecule has 1 saturated heterocycles. The van der Waals surface area contributed by atoms with Gasteiger partial charge in [-0.1, -0.05) is 35.0 Å². The van der Waals surface area contributed by atoms with Crippen LogP contribution in [-0.2, 0) is 22.2 Å². The van der Waals surface area contributed by atoms with E-state index in [1.165, 1.54) is 0 Å². The van der Waals surface area contributed by atoms with E-state index in [9.17, 15) is 4.79 Å². The van der Waals surface area contributed by atoms with Crippen molar-refractivity contribution >= 4 is 23.6 Å². The number of carbonyl (C=O) groups excluding carboxylic acids is 1. The van der Waals surface area contributed by atoms with Gasteiger partial charge in [-0.05, 0) is 24.6 Å². The van der Waals surface area contributed by atoms with Crippen LogP contribution >= 0.6 is 11.6 Å². The summed E-state index contributed by atoms with van der Waals surface area (Å²) in [5, 5.41) is 8.46. The number of methoxy groups -OCH3 is 1. The molecular formula is C17H19ClN4O2. The third-order valence-corrected chi connectivity index (χ3v) is 4.71. The van der Waals surface area contributed by atoms with Crippen molar-refractivity contribution < 1.29 is 9.53 Å². The highest BCUT2D eigenvalue weighted by molar-refractivity contribution is 6.32. The van der Waals surface area contributed by atoms with Crippen molar-refractivity contribution in [3.05, 3.63) is 52.3 Å². The quantitative estimate of drug-likeness (QED) is 0.797. The molecule has 6 nitrogen and oxygen atoms in total. The molecule has 0 bridgehead atoms. The number of rotatable bonds is 4. The first-order valence-electron chi connectivity index (χ1n) is 7.59. The fourth-order valence-corrected chi connectivity index (χ4v) is 3.14. The molecule has 1 aliphatic rings. The highest BCUT2D eigenvalue weighted by Crippen LogP contribution is 2.35. The van der Waals surface area contributed by atoms with Crippen molar-refractivity contribution in [3.63, 3.8) is 0 Å². The summed E-state index contributed by atoms with van der Waals surface area (Å²) in [6, 6.07) is 7.45. The van der Waals surface area contributed by atoms with Crippen molar-refractivity contribution in [2.45, 2.75) is 12.5 Å². The van der Waals surface area contributed by atoms with Gasteiger partial charge in [-0.25, -0.2) is 4.68 Å². The van der Waals surface area contributed by atoms with E-state index in [0.717, 1.165) is 11.3 Å². The van der Waals surface area contributed by atoms with Gasteiger partial charge in [0.25, 0.3) is 0 Å². The van der Waals surface area contributed by atoms with E-state index in [0.29, 0.717) is 23.7 Å². The van der Waals surface area contributed by atoms with Crippen molar-refractivity contribution in [3.8, 4) is 0 Å². The van der Waals surface area contributed by atoms with E-state index in [1.807, 2.05) is 31.3 Å². The van der Waals surface area contributed by atoms with Gasteiger partial charge in [0.2, 0.25) is 5.91 Å². The maximum Gasteiger partial charge on any atom is 0.249 e. The topological polar surface area (TPSA) is 60.3 Å². The Kier molecular flexibility index (Phi) is 4.43. The van der Waals surface area contributed by atoms with E-state index in [-0.39, 0.29) is 5.91 Å². The minimum absolute atomic E-state index is 0.0299. The normalized spacial score (nSPS) is 16.8. The Morgan fingerprint density at radius 3 is 2.67 bits per heavy atom. The number of halogens is 1. The number of benzene rings is 1. The maximum absolute atomic E-state index is 12.6. The first-order valence-corrected chi connectivity index (χ1v) is 7.97. The van der Waals surface area contributed by atoms with Crippen LogP contribution in [0.2, 0.25) is 5.02 Å². The van der Waals surface area contributed by atoms with E-state index in [4.69, 9.17) is 16.3 Å². The standard InChI is InChI=1S/C17H19ClN4O2/c1-12(8-13-6-4-5-7-14(13)18)16(23)22-10-17(11-22,24-3)15-9-19-20-21(15)2/h4-9H,10-11H2,1-3H3. The summed E-state index contributed by atoms with van der Waals surface area (Å²) < 4.78 is 7.34. The van der Waals surface area contributed by atoms with E-state index in [2.05, 4.69) is 10.3 Å². The number of likely N-dealkylation sites (tertiary alicyclic amines) is 1. The molecule has 24 heavy (non-hydrogen) atoms. The SMILES string of the molecule is COC1(c2cnnn2C)CN(C(=O)C(C)=Cc2ccccc2Cl)C1. The molecule has 1 aromatic heterocycles. The minimum Gasteiger partial charge on any atom is -0.368 e. The van der Waals surface area contributed by atoms with Crippen molar-refractivity contribution in [1.82, 2.24) is 19.9 Å². The number of ether oxygens (including phenoxy) is 1. The molecule has 1 aromatic carbocycles. The second-order valence-corrected chi connectivity index (χ2v) is 6.36. The summed E-state index contributed by atoms with van der Waals surface area (Å²) in [4.78, 5) is 14.4. The second kappa shape index (κ2) is 6.37. The average molecular weight is 347 g/mol. The highest BCUT2D eigenvalue weighted by Gasteiger charge is 2.49. The average Bonchev–Trinajstić information content (AvgIpc) is 2.95. The summed E-state index contributed by atoms with van der Waals surface area (Å²) in [5.74, 6) is -0.0299. The van der Waals surface area contributed by atoms with Gasteiger partial charge in [0, 0.05) is 24.8 Å². The molecule has 2 heterocycles. The molecule has 1 aliphatic heterocycles. The molecule has 0 N–H and O–H groups in total. The lowest BCUT2D eigenvalue weighted by atomic mass is 9.89. The number of hydrogen-bond donors (Lipinski definition) is 0. The van der Waals surface area contributed by atoms with Gasteiger partial charge in [-0.3, -0.25) is 4.79 Å². The predicted molar refractivity (Wildman–Crippen MR) is 91.4 cm³/mol. The number of aryl methyl sites for hydroxylation is 1. The monoisotopic (exact) mass is 346 g/mol. The lowest BCUT2D eigenvalue weighted by Crippen LogP contribution is -2.63. The van der Waals surface area contributed by atoms with E-state index < -0.39 is 5.60 Å². The van der Waals surface area contributed by atoms with Crippen LogP contribution in [0.5, 0.6) is 0 Å². The van der Waals surface area contributed by atoms with Crippen LogP contribution in [0.25, 0.3) is 6.08 Å². The summed E-state index contributed by atoms with van der Waals surface area (Å²) in [6.07, 6.45) is 3.49. The van der Waals surface area contributed by atoms with Crippen LogP contribution < -0.4 is 0 Å². The zero-order valence-electron chi connectivity index (χ0n) is 13.9. The van der Waals surface area contributed by atoms with Crippen LogP contribution in [0.15, 0.2) is 36.0 Å². The Balaban J connectivity index is 1.74. The Morgan fingerprint density at radius 2 is 2.08 bits per heavy atom. The van der Waals surface area contributed by atoms with Crippen LogP contribution in [0.3, 0.4) is 0 Å². The van der Waals surface area contributed by atoms with Gasteiger partial charge in [-0.2, -0.15) is 0 Å². The summed E-state index contributed by atoms with van der Waals surface area (Å²) >= 11 is 6.15. The Hall–Kier alpha value is -2.18. The predicted octanol–water partition coefficient (Wildman–Crippen LogP) is 2.26. The van der Waals surface area contributed by atoms with Gasteiger partial charge < -0.3 is 9.64 Å². The van der Waals surface area contributed by atoms with E-state index in [1.54, 1.807) is 35.9 Å². The Labute approximate surface area is 145 Å². The Bertz CT molecular complexity index is 793. The second-order valence-electron chi connectivity index (χ2n) is 5.95. The fourth-order valence-electron chi connectivity index (χ4n) is 2.95. The third-order valence-electron chi connectivity index (χ3n) is 4.37. The van der Waals surface area contributed by atoms with Gasteiger partial charge in [-0.15, -0.1) is 5.10 Å². The smallest absolute Gasteiger partial charge is 0.249 e. The summed E-state index contributed by atoms with van der Waals surface area (Å²) in [7, 11) is 3.46. The first kappa shape index (κ1) is 16.7. The highest BCUT2D eigenvalue weighted by atomic mass is 35.5. The lowest BCUT2D eigenvalue weighted by Gasteiger charge is -2.48. The van der Waals surface area contributed by atoms with Crippen molar-refractivity contribution in [2.75, 3.05) is 20.2 Å². The fraction of sp³-hybridized carbons (Fsp3) is 0.353. The third kappa shape index (κ3) is 2.83. The largest absolute Gasteiger partial charge is 0.368 e. The molecule has 126 valence electrons. The van der Waals surface area contributed by atoms with Crippen LogP contribution in [-0.4, -0.2) is 46.0 Å². The van der Waals surface area contributed by atoms with Gasteiger partial charge in [0.05, 0.1) is 25.0 Å². The van der Waals surface area contributed by atoms with Crippen LogP contribution in [0.4, 0.5) is 0 Å². The van der Waals surface area contributed by atoms with Crippen molar-refractivity contribution in [1.29, 1.82) is 0 Å². The molecular weight excluding hydrogens is 328 g/mol. The molecule has 0 spiro atoms. The molecule has 1 amide bonds. The van der Waals surface area contributed by atoms with Gasteiger partial charge in [0.15, 0.2) is 0 Å². The lowest BCUT2D eigenvalue weighted by molar-refractivity contribution is -0.162. The number of aromatic nitrogens is 3. The number of amides is 1. The van der Waals surface area contributed by atoms with Crippen LogP contribution in [0, 0.1) is 0 Å². The molecule has 7 heteroatoms. The number of hydrogen-bond acceptors (Lipinski definition) is 4. The number of carbonyl (C=O) groups is 1. The molecule has 3 rings (SSSR count). The molecule has 0 atom stereocenters. The Morgan fingerprint density at radius 1 is 1.38 bits per heavy atom. The minimum atomic E-state index is -0.543. The zero-order valence-corrected chi connectivity index (χ0v) is 14.6. The molecule has 0 aliphatic carbocycles. The summed E-state index contributed by atoms with van der Waals surface area (Å²) in [6.45, 7) is 2.73. The van der Waals surface area contributed by atoms with Gasteiger partial charge >= 0.3 is 0 Å². The maximum atomic E-state index is 12.6. The molecule has 2 aromatic rings. The molecule has 0 unspecified atom stereocenters. The first-order chi connectivity index (χ1) is 11.5. The number of nitrogens with zero attached hydrogens (tertiary/aromatic N) is 4. The molecule has 0 radical (unpaired) electrons. The summed E-state index contributed by atoms with van der Waals surface area (Å²) in [5.41, 5.74) is 1.79. The van der Waals surface area contributed by atoms with Crippen molar-refractivity contribution in [2.24, 2.45) is 7.05 Å². The molecule has 0 saturated carbocycles. The van der Waals surface area contributed by atoms with E-state index >= 15 is 0 Å². The van der Waals surface area contributed by atoms with Crippen LogP contribution in [0.1, 0.15) is 18.2 Å². The zero-order chi connectivity index (χ0) is 17.3. The van der Waals surface area contributed by atoms with Gasteiger partial charge in [0.1, 0.15) is 5.60 Å².